The summed E-state index contributed by atoms with van der Waals surface area (Å²) >= 11 is 2.61. The first-order valence-corrected chi connectivity index (χ1v) is 12.5. The minimum Gasteiger partial charge on any atom is -0.497 e. The molecule has 0 saturated carbocycles. The van der Waals surface area contributed by atoms with Gasteiger partial charge in [0.25, 0.3) is 0 Å². The lowest BCUT2D eigenvalue weighted by Gasteiger charge is -2.14. The number of benzene rings is 2. The fraction of sp³-hybridized carbons (Fsp3) is 0.167. The van der Waals surface area contributed by atoms with E-state index >= 15 is 0 Å². The van der Waals surface area contributed by atoms with Crippen LogP contribution in [0.2, 0.25) is 0 Å². The Bertz CT molecular complexity index is 1510. The molecule has 36 heavy (non-hydrogen) atoms. The van der Waals surface area contributed by atoms with Crippen molar-refractivity contribution in [1.82, 2.24) is 19.7 Å². The monoisotopic (exact) mass is 523 g/mol. The lowest BCUT2D eigenvalue weighted by Crippen LogP contribution is -2.14. The summed E-state index contributed by atoms with van der Waals surface area (Å²) in [5.74, 6) is 2.80. The summed E-state index contributed by atoms with van der Waals surface area (Å²) in [6.07, 6.45) is 1.56. The average molecular weight is 524 g/mol. The molecule has 184 valence electrons. The van der Waals surface area contributed by atoms with Gasteiger partial charge in [-0.15, -0.1) is 10.2 Å². The minimum absolute atomic E-state index is 0.0851. The highest BCUT2D eigenvalue weighted by molar-refractivity contribution is 7.99. The molecule has 1 N–H and O–H groups in total. The average Bonchev–Trinajstić information content (AvgIpc) is 3.65. The molecular formula is C24H21N5O5S2. The van der Waals surface area contributed by atoms with Crippen LogP contribution in [-0.2, 0) is 4.79 Å². The molecule has 0 radical (unpaired) electrons. The summed E-state index contributed by atoms with van der Waals surface area (Å²) in [6.45, 7) is 0. The van der Waals surface area contributed by atoms with E-state index in [1.807, 2.05) is 24.3 Å². The van der Waals surface area contributed by atoms with Crippen LogP contribution in [-0.4, -0.2) is 52.7 Å². The molecule has 0 aliphatic heterocycles. The third-order valence-electron chi connectivity index (χ3n) is 5.18. The number of anilines is 1. The molecule has 3 heterocycles. The van der Waals surface area contributed by atoms with Gasteiger partial charge in [-0.25, -0.2) is 4.98 Å². The van der Waals surface area contributed by atoms with E-state index in [0.29, 0.717) is 39.1 Å². The highest BCUT2D eigenvalue weighted by atomic mass is 32.2. The van der Waals surface area contributed by atoms with E-state index in [4.69, 9.17) is 18.6 Å². The maximum Gasteiger partial charge on any atom is 0.236 e. The van der Waals surface area contributed by atoms with Crippen LogP contribution in [0.15, 0.2) is 64.4 Å². The Kier molecular flexibility index (Phi) is 6.78. The zero-order valence-electron chi connectivity index (χ0n) is 19.5. The van der Waals surface area contributed by atoms with Gasteiger partial charge in [0.15, 0.2) is 16.0 Å². The van der Waals surface area contributed by atoms with Gasteiger partial charge in [0.05, 0.1) is 49.2 Å². The van der Waals surface area contributed by atoms with Crippen molar-refractivity contribution in [3.63, 3.8) is 0 Å². The Labute approximate surface area is 214 Å². The van der Waals surface area contributed by atoms with E-state index in [9.17, 15) is 4.79 Å². The third-order valence-corrected chi connectivity index (χ3v) is 7.04. The first-order valence-electron chi connectivity index (χ1n) is 10.7. The van der Waals surface area contributed by atoms with Crippen LogP contribution >= 0.6 is 23.1 Å². The molecule has 5 rings (SSSR count). The fourth-order valence-corrected chi connectivity index (χ4v) is 5.14. The highest BCUT2D eigenvalue weighted by Crippen LogP contribution is 2.35. The van der Waals surface area contributed by atoms with Crippen LogP contribution < -0.4 is 19.5 Å². The predicted molar refractivity (Wildman–Crippen MR) is 138 cm³/mol. The number of nitrogens with zero attached hydrogens (tertiary/aromatic N) is 4. The second-order valence-corrected chi connectivity index (χ2v) is 9.32. The molecule has 0 bridgehead atoms. The summed E-state index contributed by atoms with van der Waals surface area (Å²) < 4.78 is 24.5. The van der Waals surface area contributed by atoms with E-state index in [1.54, 1.807) is 56.4 Å². The lowest BCUT2D eigenvalue weighted by molar-refractivity contribution is -0.113. The predicted octanol–water partition coefficient (Wildman–Crippen LogP) is 4.89. The van der Waals surface area contributed by atoms with Crippen LogP contribution in [0.5, 0.6) is 17.2 Å². The van der Waals surface area contributed by atoms with Crippen molar-refractivity contribution in [2.45, 2.75) is 5.16 Å². The molecule has 0 atom stereocenters. The number of hydrogen-bond acceptors (Lipinski definition) is 10. The second kappa shape index (κ2) is 10.3. The molecule has 0 unspecified atom stereocenters. The van der Waals surface area contributed by atoms with E-state index in [0.717, 1.165) is 16.0 Å². The molecule has 1 amide bonds. The summed E-state index contributed by atoms with van der Waals surface area (Å²) in [7, 11) is 4.78. The number of ether oxygens (including phenoxy) is 3. The Morgan fingerprint density at radius 2 is 1.86 bits per heavy atom. The summed E-state index contributed by atoms with van der Waals surface area (Å²) in [6, 6.07) is 14.5. The van der Waals surface area contributed by atoms with Gasteiger partial charge >= 0.3 is 0 Å². The largest absolute Gasteiger partial charge is 0.497 e. The first kappa shape index (κ1) is 23.7. The molecule has 2 aromatic carbocycles. The van der Waals surface area contributed by atoms with Gasteiger partial charge in [0.1, 0.15) is 17.2 Å². The van der Waals surface area contributed by atoms with Crippen molar-refractivity contribution in [2.24, 2.45) is 0 Å². The molecular weight excluding hydrogens is 502 g/mol. The second-order valence-electron chi connectivity index (χ2n) is 7.35. The number of furan rings is 1. The van der Waals surface area contributed by atoms with Crippen molar-refractivity contribution in [3.05, 3.63) is 54.8 Å². The van der Waals surface area contributed by atoms with Crippen molar-refractivity contribution >= 4 is 44.4 Å². The van der Waals surface area contributed by atoms with Crippen molar-refractivity contribution in [3.8, 4) is 34.5 Å². The fourth-order valence-electron chi connectivity index (χ4n) is 3.49. The number of carbonyl (C=O) groups is 1. The lowest BCUT2D eigenvalue weighted by atomic mass is 10.2. The maximum atomic E-state index is 12.8. The Morgan fingerprint density at radius 3 is 2.61 bits per heavy atom. The van der Waals surface area contributed by atoms with Gasteiger partial charge in [-0.3, -0.25) is 9.36 Å². The number of fused-ring (bicyclic) bond motifs is 1. The normalized spacial score (nSPS) is 11.0. The molecule has 5 aromatic rings. The van der Waals surface area contributed by atoms with Gasteiger partial charge in [-0.05, 0) is 42.5 Å². The smallest absolute Gasteiger partial charge is 0.236 e. The highest BCUT2D eigenvalue weighted by Gasteiger charge is 2.22. The first-order chi connectivity index (χ1) is 17.6. The minimum atomic E-state index is -0.224. The number of aromatic nitrogens is 4. The Balaban J connectivity index is 1.41. The zero-order valence-corrected chi connectivity index (χ0v) is 21.2. The number of hydrogen-bond donors (Lipinski definition) is 1. The van der Waals surface area contributed by atoms with E-state index < -0.39 is 0 Å². The molecule has 0 aliphatic rings. The topological polar surface area (TPSA) is 114 Å². The summed E-state index contributed by atoms with van der Waals surface area (Å²) in [5, 5.41) is 12.5. The van der Waals surface area contributed by atoms with E-state index in [2.05, 4.69) is 20.5 Å². The van der Waals surface area contributed by atoms with Crippen LogP contribution in [0.3, 0.4) is 0 Å². The van der Waals surface area contributed by atoms with Crippen molar-refractivity contribution in [2.75, 3.05) is 32.4 Å². The molecule has 3 aromatic heterocycles. The molecule has 12 heteroatoms. The van der Waals surface area contributed by atoms with Crippen LogP contribution in [0, 0.1) is 0 Å². The van der Waals surface area contributed by atoms with Gasteiger partial charge in [0, 0.05) is 6.07 Å². The third kappa shape index (κ3) is 4.72. The van der Waals surface area contributed by atoms with Crippen LogP contribution in [0.4, 0.5) is 5.13 Å². The maximum absolute atomic E-state index is 12.8. The van der Waals surface area contributed by atoms with E-state index in [1.165, 1.54) is 23.1 Å². The molecule has 0 fully saturated rings. The van der Waals surface area contributed by atoms with Gasteiger partial charge in [-0.2, -0.15) is 0 Å². The summed E-state index contributed by atoms with van der Waals surface area (Å²) in [5.41, 5.74) is 1.44. The zero-order chi connectivity index (χ0) is 25.1. The van der Waals surface area contributed by atoms with E-state index in [-0.39, 0.29) is 11.7 Å². The molecule has 10 nitrogen and oxygen atoms in total. The SMILES string of the molecule is COc1ccc(OC)c(-n2c(SCC(=O)Nc3nc4ccc(OC)cc4s3)nnc2-c2ccco2)c1. The van der Waals surface area contributed by atoms with Crippen molar-refractivity contribution < 1.29 is 23.4 Å². The number of nitrogens with one attached hydrogen (secondary N) is 1. The molecule has 0 spiro atoms. The number of thiazole rings is 1. The molecule has 0 saturated heterocycles. The summed E-state index contributed by atoms with van der Waals surface area (Å²) in [4.78, 5) is 17.3. The van der Waals surface area contributed by atoms with Crippen LogP contribution in [0.25, 0.3) is 27.5 Å². The Morgan fingerprint density at radius 1 is 1.06 bits per heavy atom. The van der Waals surface area contributed by atoms with Gasteiger partial charge < -0.3 is 23.9 Å². The number of carbonyl (C=O) groups excluding carboxylic acids is 1. The Hall–Kier alpha value is -4.03. The van der Waals surface area contributed by atoms with Crippen LogP contribution in [0.1, 0.15) is 0 Å². The van der Waals surface area contributed by atoms with Gasteiger partial charge in [-0.1, -0.05) is 23.1 Å². The number of thioether (sulfide) groups is 1. The number of rotatable bonds is 9. The quantitative estimate of drug-likeness (QED) is 0.270. The van der Waals surface area contributed by atoms with Crippen molar-refractivity contribution in [1.29, 1.82) is 0 Å². The van der Waals surface area contributed by atoms with Gasteiger partial charge in [0.2, 0.25) is 11.7 Å². The number of methoxy groups -OCH3 is 3. The number of amides is 1. The standard InChI is InChI=1S/C24H21N5O5S2/c1-31-14-7-9-18(33-3)17(11-14)29-22(19-5-4-10-34-19)27-28-24(29)35-13-21(30)26-23-25-16-8-6-15(32-2)12-20(16)36-23/h4-12H,13H2,1-3H3,(H,25,26,30). The molecule has 0 aliphatic carbocycles.